The van der Waals surface area contributed by atoms with Crippen LogP contribution in [0.25, 0.3) is 10.8 Å². The number of carbonyl (C=O) groups is 1. The van der Waals surface area contributed by atoms with Gasteiger partial charge in [0.15, 0.2) is 0 Å². The number of phenolic OH excluding ortho intramolecular Hbond substituents is 1. The molecule has 110 valence electrons. The van der Waals surface area contributed by atoms with Crippen molar-refractivity contribution in [2.45, 2.75) is 26.3 Å². The lowest BCUT2D eigenvalue weighted by Gasteiger charge is -2.10. The average molecular weight is 285 g/mol. The lowest BCUT2D eigenvalue weighted by Crippen LogP contribution is -2.20. The van der Waals surface area contributed by atoms with Crippen molar-refractivity contribution < 1.29 is 15.0 Å². The Morgan fingerprint density at radius 3 is 2.62 bits per heavy atom. The predicted molar refractivity (Wildman–Crippen MR) is 84.1 cm³/mol. The molecule has 1 unspecified atom stereocenters. The van der Waals surface area contributed by atoms with Gasteiger partial charge in [-0.25, -0.2) is 4.79 Å². The molecule has 0 aliphatic heterocycles. The van der Waals surface area contributed by atoms with Gasteiger partial charge in [0.1, 0.15) is 11.8 Å². The Kier molecular flexibility index (Phi) is 4.58. The van der Waals surface area contributed by atoms with Gasteiger partial charge in [-0.3, -0.25) is 4.99 Å². The van der Waals surface area contributed by atoms with E-state index in [2.05, 4.69) is 4.99 Å². The number of aliphatic imine (C=N–C) groups is 1. The summed E-state index contributed by atoms with van der Waals surface area (Å²) in [5.41, 5.74) is 0.558. The van der Waals surface area contributed by atoms with Gasteiger partial charge in [0.2, 0.25) is 0 Å². The summed E-state index contributed by atoms with van der Waals surface area (Å²) in [4.78, 5) is 15.4. The summed E-state index contributed by atoms with van der Waals surface area (Å²) >= 11 is 0. The highest BCUT2D eigenvalue weighted by Gasteiger charge is 2.17. The number of hydrogen-bond acceptors (Lipinski definition) is 3. The van der Waals surface area contributed by atoms with E-state index in [0.29, 0.717) is 12.0 Å². The molecule has 2 aromatic rings. The molecule has 0 radical (unpaired) electrons. The highest BCUT2D eigenvalue weighted by molar-refractivity contribution is 6.02. The van der Waals surface area contributed by atoms with Crippen LogP contribution in [0.5, 0.6) is 5.75 Å². The smallest absolute Gasteiger partial charge is 0.328 e. The Balaban J connectivity index is 2.40. The van der Waals surface area contributed by atoms with Gasteiger partial charge in [-0.1, -0.05) is 44.2 Å². The number of aromatic hydroxyl groups is 1. The van der Waals surface area contributed by atoms with Gasteiger partial charge in [-0.05, 0) is 29.2 Å². The van der Waals surface area contributed by atoms with Crippen LogP contribution in [-0.4, -0.2) is 28.4 Å². The summed E-state index contributed by atoms with van der Waals surface area (Å²) in [5.74, 6) is -0.602. The quantitative estimate of drug-likeness (QED) is 0.826. The summed E-state index contributed by atoms with van der Waals surface area (Å²) in [6, 6.07) is 10.3. The third-order valence-electron chi connectivity index (χ3n) is 3.31. The van der Waals surface area contributed by atoms with E-state index < -0.39 is 12.0 Å². The fraction of sp³-hybridized carbons (Fsp3) is 0.294. The molecule has 0 heterocycles. The van der Waals surface area contributed by atoms with Crippen LogP contribution < -0.4 is 0 Å². The maximum atomic E-state index is 11.2. The van der Waals surface area contributed by atoms with E-state index in [-0.39, 0.29) is 11.7 Å². The molecule has 0 fully saturated rings. The molecule has 0 bridgehead atoms. The molecule has 4 nitrogen and oxygen atoms in total. The summed E-state index contributed by atoms with van der Waals surface area (Å²) in [6.45, 7) is 3.92. The minimum Gasteiger partial charge on any atom is -0.507 e. The molecule has 0 spiro atoms. The van der Waals surface area contributed by atoms with Gasteiger partial charge < -0.3 is 10.2 Å². The van der Waals surface area contributed by atoms with E-state index in [1.54, 1.807) is 6.07 Å². The van der Waals surface area contributed by atoms with Gasteiger partial charge in [0.25, 0.3) is 0 Å². The molecule has 0 amide bonds. The number of carboxylic acids is 1. The molecule has 2 N–H and O–H groups in total. The number of aliphatic carboxylic acids is 1. The minimum absolute atomic E-state index is 0.103. The van der Waals surface area contributed by atoms with Crippen LogP contribution in [0.2, 0.25) is 0 Å². The van der Waals surface area contributed by atoms with Crippen LogP contribution in [-0.2, 0) is 4.79 Å². The van der Waals surface area contributed by atoms with Crippen molar-refractivity contribution in [1.82, 2.24) is 0 Å². The van der Waals surface area contributed by atoms with Crippen molar-refractivity contribution in [3.8, 4) is 5.75 Å². The second kappa shape index (κ2) is 6.39. The second-order valence-electron chi connectivity index (χ2n) is 5.48. The lowest BCUT2D eigenvalue weighted by atomic mass is 10.0. The molecule has 2 rings (SSSR count). The fourth-order valence-electron chi connectivity index (χ4n) is 2.26. The fourth-order valence-corrected chi connectivity index (χ4v) is 2.26. The number of nitrogens with zero attached hydrogens (tertiary/aromatic N) is 1. The van der Waals surface area contributed by atoms with Gasteiger partial charge in [0, 0.05) is 11.8 Å². The normalized spacial score (nSPS) is 13.1. The number of rotatable bonds is 5. The van der Waals surface area contributed by atoms with Crippen molar-refractivity contribution in [2.24, 2.45) is 10.9 Å². The number of fused-ring (bicyclic) bond motifs is 1. The minimum atomic E-state index is -0.945. The molecule has 0 aliphatic carbocycles. The topological polar surface area (TPSA) is 69.9 Å². The van der Waals surface area contributed by atoms with E-state index in [1.807, 2.05) is 44.2 Å². The Morgan fingerprint density at radius 2 is 1.95 bits per heavy atom. The van der Waals surface area contributed by atoms with E-state index in [4.69, 9.17) is 0 Å². The average Bonchev–Trinajstić information content (AvgIpc) is 2.44. The van der Waals surface area contributed by atoms with Crippen LogP contribution >= 0.6 is 0 Å². The third-order valence-corrected chi connectivity index (χ3v) is 3.31. The van der Waals surface area contributed by atoms with Gasteiger partial charge in [-0.2, -0.15) is 0 Å². The summed E-state index contributed by atoms with van der Waals surface area (Å²) in [5, 5.41) is 21.0. The standard InChI is InChI=1S/C17H19NO3/c1-11(2)9-15(17(20)21)18-10-14-13-6-4-3-5-12(13)7-8-16(14)19/h3-8,10-11,15,19H,9H2,1-2H3,(H,20,21). The Hall–Kier alpha value is -2.36. The highest BCUT2D eigenvalue weighted by Crippen LogP contribution is 2.25. The largest absolute Gasteiger partial charge is 0.507 e. The van der Waals surface area contributed by atoms with Gasteiger partial charge >= 0.3 is 5.97 Å². The molecular formula is C17H19NO3. The molecule has 0 saturated heterocycles. The van der Waals surface area contributed by atoms with Crippen LogP contribution in [0.4, 0.5) is 0 Å². The lowest BCUT2D eigenvalue weighted by molar-refractivity contribution is -0.138. The first-order valence-corrected chi connectivity index (χ1v) is 6.95. The third kappa shape index (κ3) is 3.60. The summed E-state index contributed by atoms with van der Waals surface area (Å²) in [6.07, 6.45) is 1.94. The first kappa shape index (κ1) is 15.0. The number of hydrogen-bond donors (Lipinski definition) is 2. The monoisotopic (exact) mass is 285 g/mol. The molecule has 1 atom stereocenters. The molecule has 2 aromatic carbocycles. The maximum Gasteiger partial charge on any atom is 0.328 e. The molecule has 4 heteroatoms. The molecule has 21 heavy (non-hydrogen) atoms. The van der Waals surface area contributed by atoms with Crippen LogP contribution in [0.3, 0.4) is 0 Å². The SMILES string of the molecule is CC(C)CC(N=Cc1c(O)ccc2ccccc12)C(=O)O. The zero-order valence-corrected chi connectivity index (χ0v) is 12.2. The maximum absolute atomic E-state index is 11.2. The van der Waals surface area contributed by atoms with Crippen molar-refractivity contribution in [2.75, 3.05) is 0 Å². The first-order chi connectivity index (χ1) is 9.99. The zero-order chi connectivity index (χ0) is 15.4. The number of carboxylic acid groups (broad SMARTS) is 1. The number of benzene rings is 2. The highest BCUT2D eigenvalue weighted by atomic mass is 16.4. The second-order valence-corrected chi connectivity index (χ2v) is 5.48. The van der Waals surface area contributed by atoms with E-state index in [0.717, 1.165) is 10.8 Å². The van der Waals surface area contributed by atoms with Gasteiger partial charge in [-0.15, -0.1) is 0 Å². The summed E-state index contributed by atoms with van der Waals surface area (Å²) < 4.78 is 0. The molecule has 0 aromatic heterocycles. The Morgan fingerprint density at radius 1 is 1.24 bits per heavy atom. The first-order valence-electron chi connectivity index (χ1n) is 6.95. The van der Waals surface area contributed by atoms with Crippen molar-refractivity contribution in [1.29, 1.82) is 0 Å². The Bertz CT molecular complexity index is 677. The zero-order valence-electron chi connectivity index (χ0n) is 12.2. The van der Waals surface area contributed by atoms with Crippen LogP contribution in [0, 0.1) is 5.92 Å². The molecule has 0 saturated carbocycles. The Labute approximate surface area is 123 Å². The van der Waals surface area contributed by atoms with Crippen LogP contribution in [0.15, 0.2) is 41.4 Å². The number of phenols is 1. The van der Waals surface area contributed by atoms with Gasteiger partial charge in [0.05, 0.1) is 0 Å². The van der Waals surface area contributed by atoms with E-state index in [1.165, 1.54) is 6.21 Å². The van der Waals surface area contributed by atoms with E-state index in [9.17, 15) is 15.0 Å². The van der Waals surface area contributed by atoms with E-state index >= 15 is 0 Å². The van der Waals surface area contributed by atoms with Crippen LogP contribution in [0.1, 0.15) is 25.8 Å². The molecular weight excluding hydrogens is 266 g/mol. The molecule has 0 aliphatic rings. The van der Waals surface area contributed by atoms with Crippen molar-refractivity contribution in [3.63, 3.8) is 0 Å². The van der Waals surface area contributed by atoms with Crippen molar-refractivity contribution >= 4 is 23.0 Å². The summed E-state index contributed by atoms with van der Waals surface area (Å²) in [7, 11) is 0. The predicted octanol–water partition coefficient (Wildman–Crippen LogP) is 3.46. The van der Waals surface area contributed by atoms with Crippen molar-refractivity contribution in [3.05, 3.63) is 42.0 Å².